The van der Waals surface area contributed by atoms with E-state index in [2.05, 4.69) is 5.32 Å². The first-order valence-electron chi connectivity index (χ1n) is 11.1. The molecule has 0 atom stereocenters. The van der Waals surface area contributed by atoms with Crippen molar-refractivity contribution in [2.75, 3.05) is 18.8 Å². The summed E-state index contributed by atoms with van der Waals surface area (Å²) in [6, 6.07) is 10.4. The van der Waals surface area contributed by atoms with Crippen LogP contribution in [0.3, 0.4) is 0 Å². The van der Waals surface area contributed by atoms with Gasteiger partial charge in [-0.1, -0.05) is 29.8 Å². The van der Waals surface area contributed by atoms with Gasteiger partial charge in [-0.25, -0.2) is 8.42 Å². The molecule has 0 bridgehead atoms. The number of benzene rings is 1. The summed E-state index contributed by atoms with van der Waals surface area (Å²) < 4.78 is 25.5. The van der Waals surface area contributed by atoms with Gasteiger partial charge in [-0.3, -0.25) is 19.2 Å². The Labute approximate surface area is 197 Å². The number of aromatic nitrogens is 1. The van der Waals surface area contributed by atoms with Crippen LogP contribution < -0.4 is 10.9 Å². The van der Waals surface area contributed by atoms with E-state index in [1.807, 2.05) is 31.2 Å². The molecule has 2 heterocycles. The molecule has 1 N–H and O–H groups in total. The number of ketones is 1. The number of Topliss-reactive ketones (excluding diaryl/α,β-unsaturated/α-hetero) is 1. The third-order valence-electron chi connectivity index (χ3n) is 6.43. The Balaban J connectivity index is 1.48. The molecule has 1 saturated carbocycles. The van der Waals surface area contributed by atoms with Crippen LogP contribution in [-0.4, -0.2) is 59.1 Å². The quantitative estimate of drug-likeness (QED) is 0.597. The van der Waals surface area contributed by atoms with Crippen LogP contribution in [0, 0.1) is 6.92 Å². The molecule has 0 saturated heterocycles. The fourth-order valence-corrected chi connectivity index (χ4v) is 6.17. The van der Waals surface area contributed by atoms with Crippen molar-refractivity contribution in [3.05, 3.63) is 69.1 Å². The number of fused-ring (bicyclic) bond motifs is 1. The number of nitrogens with zero attached hydrogens (tertiary/aromatic N) is 2. The van der Waals surface area contributed by atoms with Crippen LogP contribution in [0.5, 0.6) is 0 Å². The average molecular weight is 486 g/mol. The van der Waals surface area contributed by atoms with Gasteiger partial charge in [0.15, 0.2) is 9.84 Å². The minimum atomic E-state index is -3.67. The summed E-state index contributed by atoms with van der Waals surface area (Å²) in [5, 5.41) is 2.73. The number of hydrogen-bond acceptors (Lipinski definition) is 6. The summed E-state index contributed by atoms with van der Waals surface area (Å²) >= 11 is 0. The molecule has 1 aromatic heterocycles. The molecule has 2 aromatic rings. The van der Waals surface area contributed by atoms with Gasteiger partial charge < -0.3 is 14.8 Å². The smallest absolute Gasteiger partial charge is 0.270 e. The molecule has 10 heteroatoms. The molecule has 0 radical (unpaired) electrons. The molecule has 1 fully saturated rings. The standard InChI is InChI=1S/C24H27N3O6S/c1-16-3-5-18(6-4-16)13-25-21(29)19-7-8-20-23(31)26(11-12-27(20)22(19)30)15-24(9-10-24)34(32,33)14-17(2)28/h3-8H,9-15H2,1-2H3,(H,25,29). The third kappa shape index (κ3) is 4.54. The molecular weight excluding hydrogens is 458 g/mol. The van der Waals surface area contributed by atoms with Gasteiger partial charge in [0.2, 0.25) is 0 Å². The van der Waals surface area contributed by atoms with Crippen molar-refractivity contribution in [2.45, 2.75) is 44.5 Å². The number of carbonyl (C=O) groups excluding carboxylic acids is 3. The molecule has 0 spiro atoms. The fraction of sp³-hybridized carbons (Fsp3) is 0.417. The Kier molecular flexibility index (Phi) is 6.20. The molecule has 180 valence electrons. The van der Waals surface area contributed by atoms with Gasteiger partial charge in [-0.05, 0) is 44.4 Å². The number of aryl methyl sites for hydroxylation is 1. The summed E-state index contributed by atoms with van der Waals surface area (Å²) in [4.78, 5) is 51.4. The number of carbonyl (C=O) groups is 3. The zero-order valence-electron chi connectivity index (χ0n) is 19.2. The Morgan fingerprint density at radius 1 is 1.03 bits per heavy atom. The highest BCUT2D eigenvalue weighted by molar-refractivity contribution is 7.93. The summed E-state index contributed by atoms with van der Waals surface area (Å²) in [6.07, 6.45) is 0.804. The first kappa shape index (κ1) is 23.9. The average Bonchev–Trinajstić information content (AvgIpc) is 3.56. The maximum atomic E-state index is 13.0. The summed E-state index contributed by atoms with van der Waals surface area (Å²) in [7, 11) is -3.67. The Bertz CT molecular complexity index is 1320. The van der Waals surface area contributed by atoms with Crippen molar-refractivity contribution in [2.24, 2.45) is 0 Å². The third-order valence-corrected chi connectivity index (χ3v) is 9.08. The molecule has 1 aliphatic heterocycles. The van der Waals surface area contributed by atoms with E-state index in [4.69, 9.17) is 0 Å². The normalized spacial score (nSPS) is 16.6. The van der Waals surface area contributed by atoms with Crippen LogP contribution in [0.25, 0.3) is 0 Å². The van der Waals surface area contributed by atoms with Gasteiger partial charge >= 0.3 is 0 Å². The van der Waals surface area contributed by atoms with Crippen LogP contribution in [0.4, 0.5) is 0 Å². The lowest BCUT2D eigenvalue weighted by Crippen LogP contribution is -2.50. The van der Waals surface area contributed by atoms with E-state index in [1.165, 1.54) is 28.5 Å². The first-order valence-corrected chi connectivity index (χ1v) is 12.8. The summed E-state index contributed by atoms with van der Waals surface area (Å²) in [5.41, 5.74) is 1.51. The largest absolute Gasteiger partial charge is 0.348 e. The van der Waals surface area contributed by atoms with Gasteiger partial charge in [-0.15, -0.1) is 0 Å². The topological polar surface area (TPSA) is 123 Å². The van der Waals surface area contributed by atoms with Crippen LogP contribution in [0.2, 0.25) is 0 Å². The van der Waals surface area contributed by atoms with Gasteiger partial charge in [0, 0.05) is 26.2 Å². The minimum absolute atomic E-state index is 0.00553. The van der Waals surface area contributed by atoms with Gasteiger partial charge in [-0.2, -0.15) is 0 Å². The van der Waals surface area contributed by atoms with E-state index in [9.17, 15) is 27.6 Å². The van der Waals surface area contributed by atoms with E-state index >= 15 is 0 Å². The van der Waals surface area contributed by atoms with E-state index in [0.717, 1.165) is 11.1 Å². The first-order chi connectivity index (χ1) is 16.0. The monoisotopic (exact) mass is 485 g/mol. The van der Waals surface area contributed by atoms with Gasteiger partial charge in [0.05, 0.1) is 4.75 Å². The second-order valence-corrected chi connectivity index (χ2v) is 11.5. The molecule has 2 aliphatic rings. The van der Waals surface area contributed by atoms with Crippen molar-refractivity contribution < 1.29 is 22.8 Å². The van der Waals surface area contributed by atoms with E-state index in [-0.39, 0.29) is 37.4 Å². The second-order valence-electron chi connectivity index (χ2n) is 9.13. The van der Waals surface area contributed by atoms with Crippen LogP contribution in [-0.2, 0) is 27.7 Å². The number of nitrogens with one attached hydrogen (secondary N) is 1. The number of rotatable bonds is 8. The Hall–Kier alpha value is -3.27. The van der Waals surface area contributed by atoms with Crippen LogP contribution in [0.1, 0.15) is 51.7 Å². The number of hydrogen-bond donors (Lipinski definition) is 1. The van der Waals surface area contributed by atoms with E-state index in [0.29, 0.717) is 12.8 Å². The van der Waals surface area contributed by atoms with Crippen LogP contribution >= 0.6 is 0 Å². The lowest BCUT2D eigenvalue weighted by Gasteiger charge is -2.32. The van der Waals surface area contributed by atoms with E-state index in [1.54, 1.807) is 0 Å². The molecule has 2 amide bonds. The lowest BCUT2D eigenvalue weighted by molar-refractivity contribution is -0.114. The molecule has 9 nitrogen and oxygen atoms in total. The maximum Gasteiger partial charge on any atom is 0.270 e. The minimum Gasteiger partial charge on any atom is -0.348 e. The van der Waals surface area contributed by atoms with Crippen molar-refractivity contribution >= 4 is 27.4 Å². The fourth-order valence-electron chi connectivity index (χ4n) is 4.25. The highest BCUT2D eigenvalue weighted by Crippen LogP contribution is 2.45. The SMILES string of the molecule is CC(=O)CS(=O)(=O)C1(CN2CCn3c(ccc(C(=O)NCc4ccc(C)cc4)c3=O)C2=O)CC1. The number of pyridine rings is 1. The Morgan fingerprint density at radius 2 is 1.71 bits per heavy atom. The predicted molar refractivity (Wildman–Crippen MR) is 125 cm³/mol. The number of sulfone groups is 1. The van der Waals surface area contributed by atoms with Crippen molar-refractivity contribution in [1.29, 1.82) is 0 Å². The van der Waals surface area contributed by atoms with Crippen molar-refractivity contribution in [1.82, 2.24) is 14.8 Å². The molecule has 4 rings (SSSR count). The maximum absolute atomic E-state index is 13.0. The molecule has 0 unspecified atom stereocenters. The lowest BCUT2D eigenvalue weighted by atomic mass is 10.1. The Morgan fingerprint density at radius 3 is 2.32 bits per heavy atom. The molecule has 1 aromatic carbocycles. The highest BCUT2D eigenvalue weighted by atomic mass is 32.2. The van der Waals surface area contributed by atoms with Gasteiger partial charge in [0.1, 0.15) is 22.8 Å². The van der Waals surface area contributed by atoms with Crippen LogP contribution in [0.15, 0.2) is 41.2 Å². The van der Waals surface area contributed by atoms with E-state index < -0.39 is 43.5 Å². The van der Waals surface area contributed by atoms with Crippen molar-refractivity contribution in [3.8, 4) is 0 Å². The molecular formula is C24H27N3O6S. The van der Waals surface area contributed by atoms with Crippen molar-refractivity contribution in [3.63, 3.8) is 0 Å². The molecule has 1 aliphatic carbocycles. The zero-order valence-corrected chi connectivity index (χ0v) is 20.0. The van der Waals surface area contributed by atoms with Gasteiger partial charge in [0.25, 0.3) is 17.4 Å². The summed E-state index contributed by atoms with van der Waals surface area (Å²) in [5.74, 6) is -1.95. The second kappa shape index (κ2) is 8.83. The number of amides is 2. The summed E-state index contributed by atoms with van der Waals surface area (Å²) in [6.45, 7) is 3.77. The predicted octanol–water partition coefficient (Wildman–Crippen LogP) is 1.08. The molecule has 34 heavy (non-hydrogen) atoms. The highest BCUT2D eigenvalue weighted by Gasteiger charge is 2.56. The zero-order chi connectivity index (χ0) is 24.7.